The maximum absolute atomic E-state index is 5.45. The molecule has 2 nitrogen and oxygen atoms in total. The van der Waals surface area contributed by atoms with Crippen molar-refractivity contribution >= 4 is 11.0 Å². The lowest BCUT2D eigenvalue weighted by molar-refractivity contribution is 1.24. The van der Waals surface area contributed by atoms with Crippen LogP contribution in [0.5, 0.6) is 0 Å². The van der Waals surface area contributed by atoms with Crippen LogP contribution in [0.4, 0.5) is 0 Å². The van der Waals surface area contributed by atoms with Crippen molar-refractivity contribution in [2.45, 2.75) is 0 Å². The summed E-state index contributed by atoms with van der Waals surface area (Å²) in [4.78, 5) is 8.18. The molecule has 0 aliphatic heterocycles. The van der Waals surface area contributed by atoms with Crippen LogP contribution in [-0.2, 0) is 0 Å². The molecule has 0 saturated heterocycles. The quantitative estimate of drug-likeness (QED) is 0.559. The van der Waals surface area contributed by atoms with E-state index in [1.165, 1.54) is 0 Å². The van der Waals surface area contributed by atoms with Gasteiger partial charge in [0, 0.05) is 13.1 Å². The first-order valence-electron chi connectivity index (χ1n) is 3.33. The van der Waals surface area contributed by atoms with Crippen molar-refractivity contribution in [1.82, 2.24) is 9.97 Å². The van der Waals surface area contributed by atoms with Gasteiger partial charge in [-0.15, -0.1) is 0 Å². The summed E-state index contributed by atoms with van der Waals surface area (Å²) in [5, 5.41) is 0. The molecule has 1 aromatic carbocycles. The smallest absolute Gasteiger partial charge is 0.0890 e. The fourth-order valence-electron chi connectivity index (χ4n) is 0.972. The third kappa shape index (κ3) is 1.07. The van der Waals surface area contributed by atoms with Crippen LogP contribution in [0.1, 0.15) is 5.69 Å². The Hall–Kier alpha value is -1.44. The standard InChI is InChI=1S/C9H6N2/c1-7-6-10-8-4-2-3-5-9(8)11-7/h1-6H. The third-order valence-electron chi connectivity index (χ3n) is 1.47. The monoisotopic (exact) mass is 142 g/mol. The van der Waals surface area contributed by atoms with E-state index in [0.29, 0.717) is 5.69 Å². The number of para-hydroxylation sites is 2. The molecule has 2 aromatic rings. The Morgan fingerprint density at radius 1 is 1.09 bits per heavy atom. The summed E-state index contributed by atoms with van der Waals surface area (Å²) >= 11 is 0. The number of aromatic nitrogens is 2. The molecule has 0 N–H and O–H groups in total. The fraction of sp³-hybridized carbons (Fsp3) is 0. The van der Waals surface area contributed by atoms with Crippen molar-refractivity contribution < 1.29 is 0 Å². The highest BCUT2D eigenvalue weighted by atomic mass is 14.8. The van der Waals surface area contributed by atoms with Crippen molar-refractivity contribution in [1.29, 1.82) is 0 Å². The van der Waals surface area contributed by atoms with E-state index in [4.69, 9.17) is 6.92 Å². The van der Waals surface area contributed by atoms with Crippen LogP contribution < -0.4 is 0 Å². The van der Waals surface area contributed by atoms with Gasteiger partial charge in [0.15, 0.2) is 0 Å². The van der Waals surface area contributed by atoms with Crippen molar-refractivity contribution in [2.24, 2.45) is 0 Å². The number of hydrogen-bond donors (Lipinski definition) is 0. The number of hydrogen-bond acceptors (Lipinski definition) is 2. The lowest BCUT2D eigenvalue weighted by Gasteiger charge is -1.94. The molecular formula is C9H6N2. The van der Waals surface area contributed by atoms with Crippen LogP contribution in [0.3, 0.4) is 0 Å². The maximum atomic E-state index is 5.45. The first-order chi connectivity index (χ1) is 5.36. The molecule has 2 rings (SSSR count). The molecule has 0 fully saturated rings. The van der Waals surface area contributed by atoms with Crippen molar-refractivity contribution in [2.75, 3.05) is 0 Å². The van der Waals surface area contributed by atoms with Crippen LogP contribution in [0, 0.1) is 6.92 Å². The summed E-state index contributed by atoms with van der Waals surface area (Å²) in [6, 6.07) is 7.63. The first kappa shape index (κ1) is 6.28. The van der Waals surface area contributed by atoms with E-state index < -0.39 is 0 Å². The number of rotatable bonds is 0. The van der Waals surface area contributed by atoms with E-state index >= 15 is 0 Å². The maximum Gasteiger partial charge on any atom is 0.0890 e. The predicted octanol–water partition coefficient (Wildman–Crippen LogP) is 1.69. The van der Waals surface area contributed by atoms with Gasteiger partial charge in [-0.25, -0.2) is 4.98 Å². The molecule has 0 aliphatic rings. The molecule has 11 heavy (non-hydrogen) atoms. The molecule has 0 spiro atoms. The highest BCUT2D eigenvalue weighted by Gasteiger charge is 1.92. The SMILES string of the molecule is [CH]c1cnc2ccccc2n1. The van der Waals surface area contributed by atoms with Crippen LogP contribution in [0.2, 0.25) is 0 Å². The molecular weight excluding hydrogens is 136 g/mol. The van der Waals surface area contributed by atoms with Crippen LogP contribution >= 0.6 is 0 Å². The van der Waals surface area contributed by atoms with Crippen LogP contribution in [0.15, 0.2) is 30.5 Å². The van der Waals surface area contributed by atoms with Gasteiger partial charge in [-0.05, 0) is 12.1 Å². The summed E-state index contributed by atoms with van der Waals surface area (Å²) in [5.41, 5.74) is 2.18. The fourth-order valence-corrected chi connectivity index (χ4v) is 0.972. The van der Waals surface area contributed by atoms with Crippen molar-refractivity contribution in [3.63, 3.8) is 0 Å². The Morgan fingerprint density at radius 2 is 1.82 bits per heavy atom. The Morgan fingerprint density at radius 3 is 2.64 bits per heavy atom. The van der Waals surface area contributed by atoms with E-state index in [1.807, 2.05) is 24.3 Å². The first-order valence-corrected chi connectivity index (χ1v) is 3.33. The number of fused-ring (bicyclic) bond motifs is 1. The summed E-state index contributed by atoms with van der Waals surface area (Å²) in [7, 11) is 0. The molecule has 0 atom stereocenters. The summed E-state index contributed by atoms with van der Waals surface area (Å²) in [6.07, 6.45) is 1.56. The summed E-state index contributed by atoms with van der Waals surface area (Å²) in [6.45, 7) is 5.45. The molecule has 1 heterocycles. The van der Waals surface area contributed by atoms with E-state index in [-0.39, 0.29) is 0 Å². The van der Waals surface area contributed by atoms with Gasteiger partial charge in [0.05, 0.1) is 16.7 Å². The second kappa shape index (κ2) is 2.31. The van der Waals surface area contributed by atoms with Gasteiger partial charge in [-0.1, -0.05) is 12.1 Å². The number of benzene rings is 1. The zero-order chi connectivity index (χ0) is 7.68. The summed E-state index contributed by atoms with van der Waals surface area (Å²) in [5.74, 6) is 0. The topological polar surface area (TPSA) is 25.8 Å². The molecule has 0 aliphatic carbocycles. The predicted molar refractivity (Wildman–Crippen MR) is 42.9 cm³/mol. The highest BCUT2D eigenvalue weighted by molar-refractivity contribution is 5.73. The van der Waals surface area contributed by atoms with Gasteiger partial charge < -0.3 is 0 Å². The lowest BCUT2D eigenvalue weighted by atomic mass is 10.3. The lowest BCUT2D eigenvalue weighted by Crippen LogP contribution is -1.85. The second-order valence-corrected chi connectivity index (χ2v) is 2.28. The van der Waals surface area contributed by atoms with Gasteiger partial charge in [-0.2, -0.15) is 0 Å². The van der Waals surface area contributed by atoms with Gasteiger partial charge in [-0.3, -0.25) is 4.98 Å². The molecule has 0 amide bonds. The normalized spacial score (nSPS) is 10.3. The molecule has 0 unspecified atom stereocenters. The molecule has 0 bridgehead atoms. The van der Waals surface area contributed by atoms with Crippen LogP contribution in [-0.4, -0.2) is 9.97 Å². The van der Waals surface area contributed by atoms with E-state index in [2.05, 4.69) is 9.97 Å². The minimum absolute atomic E-state index is 0.462. The highest BCUT2D eigenvalue weighted by Crippen LogP contribution is 2.06. The van der Waals surface area contributed by atoms with E-state index in [9.17, 15) is 0 Å². The van der Waals surface area contributed by atoms with E-state index in [1.54, 1.807) is 6.20 Å². The molecule has 1 aromatic heterocycles. The number of nitrogens with zero attached hydrogens (tertiary/aromatic N) is 2. The van der Waals surface area contributed by atoms with Gasteiger partial charge in [0.25, 0.3) is 0 Å². The van der Waals surface area contributed by atoms with Gasteiger partial charge in [0.1, 0.15) is 0 Å². The molecule has 2 heteroatoms. The Kier molecular flexibility index (Phi) is 1.32. The van der Waals surface area contributed by atoms with Crippen LogP contribution in [0.25, 0.3) is 11.0 Å². The molecule has 52 valence electrons. The zero-order valence-electron chi connectivity index (χ0n) is 5.86. The molecule has 2 radical (unpaired) electrons. The average molecular weight is 142 g/mol. The van der Waals surface area contributed by atoms with Gasteiger partial charge in [0.2, 0.25) is 0 Å². The van der Waals surface area contributed by atoms with E-state index in [0.717, 1.165) is 11.0 Å². The van der Waals surface area contributed by atoms with Crippen molar-refractivity contribution in [3.8, 4) is 0 Å². The Bertz CT molecular complexity index is 382. The Balaban J connectivity index is 2.83. The minimum Gasteiger partial charge on any atom is -0.253 e. The minimum atomic E-state index is 0.462. The molecule has 0 saturated carbocycles. The zero-order valence-corrected chi connectivity index (χ0v) is 5.86. The van der Waals surface area contributed by atoms with Crippen molar-refractivity contribution in [3.05, 3.63) is 43.1 Å². The van der Waals surface area contributed by atoms with Gasteiger partial charge >= 0.3 is 0 Å². The largest absolute Gasteiger partial charge is 0.253 e. The summed E-state index contributed by atoms with van der Waals surface area (Å²) < 4.78 is 0. The average Bonchev–Trinajstić information content (AvgIpc) is 2.04. The second-order valence-electron chi connectivity index (χ2n) is 2.28. The third-order valence-corrected chi connectivity index (χ3v) is 1.47. The Labute approximate surface area is 64.9 Å².